The molecule has 0 saturated carbocycles. The first-order valence-electron chi connectivity index (χ1n) is 1.83. The van der Waals surface area contributed by atoms with Gasteiger partial charge in [-0.1, -0.05) is 11.6 Å². The quantitative estimate of drug-likeness (QED) is 0.618. The van der Waals surface area contributed by atoms with Gasteiger partial charge in [0.1, 0.15) is 0 Å². The molecule has 0 aliphatic carbocycles. The van der Waals surface area contributed by atoms with Gasteiger partial charge in [-0.15, -0.1) is 5.10 Å². The summed E-state index contributed by atoms with van der Waals surface area (Å²) in [6, 6.07) is 3.41. The molecular weight excluding hydrogens is 230 g/mol. The van der Waals surface area contributed by atoms with Crippen molar-refractivity contribution in [2.75, 3.05) is 0 Å². The first-order chi connectivity index (χ1) is 3.39. The molecule has 1 rings (SSSR count). The summed E-state index contributed by atoms with van der Waals surface area (Å²) in [5, 5.41) is 7.43. The fourth-order valence-corrected chi connectivity index (χ4v) is 0.399. The molecule has 0 spiro atoms. The van der Waals surface area contributed by atoms with E-state index in [1.54, 1.807) is 18.3 Å². The molecule has 1 aromatic rings. The Morgan fingerprint density at radius 3 is 2.50 bits per heavy atom. The number of hydrogen-bond donors (Lipinski definition) is 0. The van der Waals surface area contributed by atoms with Crippen molar-refractivity contribution >= 4 is 35.5 Å². The van der Waals surface area contributed by atoms with Gasteiger partial charge in [-0.25, -0.2) is 0 Å². The maximum absolute atomic E-state index is 5.37. The van der Waals surface area contributed by atoms with E-state index < -0.39 is 0 Å². The third kappa shape index (κ3) is 2.47. The van der Waals surface area contributed by atoms with Crippen LogP contribution in [-0.2, 0) is 0 Å². The van der Waals surface area contributed by atoms with Crippen molar-refractivity contribution in [3.05, 3.63) is 23.5 Å². The van der Waals surface area contributed by atoms with E-state index in [4.69, 9.17) is 11.6 Å². The first kappa shape index (κ1) is 8.17. The summed E-state index contributed by atoms with van der Waals surface area (Å²) in [7, 11) is 0. The van der Waals surface area contributed by atoms with E-state index >= 15 is 0 Å². The molecule has 1 aromatic heterocycles. The summed E-state index contributed by atoms with van der Waals surface area (Å²) in [5.41, 5.74) is 0. The van der Waals surface area contributed by atoms with Gasteiger partial charge in [-0.05, 0) is 12.1 Å². The van der Waals surface area contributed by atoms with Gasteiger partial charge in [0.25, 0.3) is 0 Å². The van der Waals surface area contributed by atoms with Crippen LogP contribution in [0.4, 0.5) is 0 Å². The molecule has 0 amide bonds. The fourth-order valence-electron chi connectivity index (χ4n) is 0.283. The Morgan fingerprint density at radius 1 is 1.50 bits per heavy atom. The maximum Gasteiger partial charge on any atom is 0.151 e. The molecule has 0 fully saturated rings. The average molecular weight is 233 g/mol. The normalized spacial score (nSPS) is 7.62. The molecule has 0 aliphatic rings. The first-order valence-corrected chi connectivity index (χ1v) is 2.20. The number of rotatable bonds is 0. The zero-order valence-electron chi connectivity index (χ0n) is 4.00. The third-order valence-electron chi connectivity index (χ3n) is 0.540. The van der Waals surface area contributed by atoms with Crippen LogP contribution >= 0.6 is 11.6 Å². The summed E-state index contributed by atoms with van der Waals surface area (Å²) in [4.78, 5) is 0. The van der Waals surface area contributed by atoms with Crippen LogP contribution in [0.2, 0.25) is 5.15 Å². The largest absolute Gasteiger partial charge is 0.158 e. The minimum absolute atomic E-state index is 0. The molecule has 2 nitrogen and oxygen atoms in total. The minimum Gasteiger partial charge on any atom is -0.158 e. The second kappa shape index (κ2) is 4.09. The van der Waals surface area contributed by atoms with Crippen molar-refractivity contribution in [2.24, 2.45) is 0 Å². The molecule has 0 atom stereocenters. The van der Waals surface area contributed by atoms with E-state index in [-0.39, 0.29) is 23.9 Å². The van der Waals surface area contributed by atoms with Crippen LogP contribution in [0.25, 0.3) is 0 Å². The molecule has 0 bridgehead atoms. The predicted octanol–water partition coefficient (Wildman–Crippen LogP) is 0.749. The summed E-state index contributed by atoms with van der Waals surface area (Å²) in [6.07, 6.45) is 1.58. The summed E-state index contributed by atoms with van der Waals surface area (Å²) < 4.78 is 0. The van der Waals surface area contributed by atoms with Crippen LogP contribution in [0.15, 0.2) is 18.3 Å². The molecule has 0 N–H and O–H groups in total. The molecule has 0 unspecified atom stereocenters. The molecule has 40 valence electrons. The van der Waals surface area contributed by atoms with Crippen LogP contribution < -0.4 is 0 Å². The zero-order valence-corrected chi connectivity index (χ0v) is 7.61. The van der Waals surface area contributed by atoms with E-state index in [9.17, 15) is 0 Å². The van der Waals surface area contributed by atoms with E-state index in [1.165, 1.54) is 0 Å². The average Bonchev–Trinajstić information content (AvgIpc) is 1.69. The van der Waals surface area contributed by atoms with Crippen LogP contribution in [-0.4, -0.2) is 34.1 Å². The number of halogens is 1. The molecule has 0 saturated heterocycles. The zero-order chi connectivity index (χ0) is 5.11. The van der Waals surface area contributed by atoms with Crippen molar-refractivity contribution in [1.82, 2.24) is 10.2 Å². The fraction of sp³-hybridized carbons (Fsp3) is 0. The molecule has 4 radical (unpaired) electrons. The Morgan fingerprint density at radius 2 is 2.25 bits per heavy atom. The second-order valence-electron chi connectivity index (χ2n) is 1.05. The summed E-state index contributed by atoms with van der Waals surface area (Å²) in [6.45, 7) is 0. The number of nitrogens with zero attached hydrogens (tertiary/aromatic N) is 2. The second-order valence-corrected chi connectivity index (χ2v) is 1.43. The Balaban J connectivity index is 0.000000490. The predicted molar refractivity (Wildman–Crippen MR) is 32.8 cm³/mol. The standard InChI is InChI=1S/C4H3ClN2.Sn/c5-4-2-1-3-6-7-4;/h1-3H;. The summed E-state index contributed by atoms with van der Waals surface area (Å²) >= 11 is 5.37. The minimum atomic E-state index is 0. The van der Waals surface area contributed by atoms with Gasteiger partial charge in [0.05, 0.1) is 0 Å². The molecule has 4 heteroatoms. The smallest absolute Gasteiger partial charge is 0.151 e. The van der Waals surface area contributed by atoms with Gasteiger partial charge in [-0.3, -0.25) is 0 Å². The number of aromatic nitrogens is 2. The van der Waals surface area contributed by atoms with Crippen LogP contribution in [0.3, 0.4) is 0 Å². The van der Waals surface area contributed by atoms with Gasteiger partial charge in [0.2, 0.25) is 0 Å². The van der Waals surface area contributed by atoms with Crippen LogP contribution in [0, 0.1) is 0 Å². The van der Waals surface area contributed by atoms with Gasteiger partial charge < -0.3 is 0 Å². The van der Waals surface area contributed by atoms with Gasteiger partial charge in [-0.2, -0.15) is 5.10 Å². The van der Waals surface area contributed by atoms with Crippen LogP contribution in [0.1, 0.15) is 0 Å². The monoisotopic (exact) mass is 234 g/mol. The van der Waals surface area contributed by atoms with Gasteiger partial charge in [0.15, 0.2) is 5.15 Å². The Kier molecular flexibility index (Phi) is 4.17. The van der Waals surface area contributed by atoms with Crippen molar-refractivity contribution in [3.63, 3.8) is 0 Å². The van der Waals surface area contributed by atoms with Crippen molar-refractivity contribution in [3.8, 4) is 0 Å². The Labute approximate surface area is 69.2 Å². The SMILES string of the molecule is Clc1cccnn1.[Sn]. The molecular formula is C4H3ClN2Sn. The molecule has 0 aromatic carbocycles. The molecule has 0 aliphatic heterocycles. The molecule has 8 heavy (non-hydrogen) atoms. The van der Waals surface area contributed by atoms with Crippen molar-refractivity contribution < 1.29 is 0 Å². The van der Waals surface area contributed by atoms with E-state index in [0.29, 0.717) is 5.15 Å². The van der Waals surface area contributed by atoms with Crippen LogP contribution in [0.5, 0.6) is 0 Å². The van der Waals surface area contributed by atoms with E-state index in [0.717, 1.165) is 0 Å². The Hall–Kier alpha value is 0.169. The topological polar surface area (TPSA) is 25.8 Å². The van der Waals surface area contributed by atoms with Crippen molar-refractivity contribution in [2.45, 2.75) is 0 Å². The van der Waals surface area contributed by atoms with Gasteiger partial charge >= 0.3 is 0 Å². The molecule has 1 heterocycles. The van der Waals surface area contributed by atoms with Crippen molar-refractivity contribution in [1.29, 1.82) is 0 Å². The number of hydrogen-bond acceptors (Lipinski definition) is 2. The van der Waals surface area contributed by atoms with Gasteiger partial charge in [0, 0.05) is 30.1 Å². The Bertz CT molecular complexity index is 144. The third-order valence-corrected chi connectivity index (χ3v) is 0.741. The van der Waals surface area contributed by atoms with E-state index in [2.05, 4.69) is 10.2 Å². The maximum atomic E-state index is 5.37. The summed E-state index contributed by atoms with van der Waals surface area (Å²) in [5.74, 6) is 0. The van der Waals surface area contributed by atoms with E-state index in [1.807, 2.05) is 0 Å².